The highest BCUT2D eigenvalue weighted by molar-refractivity contribution is 7.89. The Bertz CT molecular complexity index is 471. The molecular formula is C11H19N3O2S. The van der Waals surface area contributed by atoms with Crippen molar-refractivity contribution >= 4 is 15.7 Å². The largest absolute Gasteiger partial charge is 0.323 e. The number of hydrazine groups is 1. The van der Waals surface area contributed by atoms with Crippen LogP contribution in [0.1, 0.15) is 13.8 Å². The molecule has 17 heavy (non-hydrogen) atoms. The highest BCUT2D eigenvalue weighted by atomic mass is 32.2. The van der Waals surface area contributed by atoms with E-state index in [0.717, 1.165) is 0 Å². The first-order valence-corrected chi connectivity index (χ1v) is 6.85. The summed E-state index contributed by atoms with van der Waals surface area (Å²) in [6.45, 7) is 4.42. The van der Waals surface area contributed by atoms with Gasteiger partial charge in [0.1, 0.15) is 4.90 Å². The first-order chi connectivity index (χ1) is 7.89. The first-order valence-electron chi connectivity index (χ1n) is 5.41. The standard InChI is InChI=1S/C11H19N3O2S/c1-9(2)8-14(3)17(15,16)11-7-5-4-6-10(11)13-12/h4-7,9,13H,8,12H2,1-3H3. The molecule has 0 aliphatic rings. The summed E-state index contributed by atoms with van der Waals surface area (Å²) in [5, 5.41) is 0. The lowest BCUT2D eigenvalue weighted by molar-refractivity contribution is 0.417. The molecule has 0 spiro atoms. The normalized spacial score (nSPS) is 12.1. The number of para-hydroxylation sites is 1. The second kappa shape index (κ2) is 5.48. The summed E-state index contributed by atoms with van der Waals surface area (Å²) in [5.41, 5.74) is 2.81. The van der Waals surface area contributed by atoms with Gasteiger partial charge in [-0.2, -0.15) is 0 Å². The van der Waals surface area contributed by atoms with Crippen LogP contribution in [-0.4, -0.2) is 26.3 Å². The molecule has 0 aliphatic carbocycles. The fraction of sp³-hybridized carbons (Fsp3) is 0.455. The minimum atomic E-state index is -3.49. The maximum Gasteiger partial charge on any atom is 0.244 e. The molecule has 0 aromatic heterocycles. The summed E-state index contributed by atoms with van der Waals surface area (Å²) in [7, 11) is -1.91. The van der Waals surface area contributed by atoms with E-state index in [2.05, 4.69) is 5.43 Å². The number of anilines is 1. The predicted octanol–water partition coefficient (Wildman–Crippen LogP) is 1.25. The molecular weight excluding hydrogens is 238 g/mol. The lowest BCUT2D eigenvalue weighted by Crippen LogP contribution is -2.31. The van der Waals surface area contributed by atoms with Crippen LogP contribution in [0.4, 0.5) is 5.69 Å². The van der Waals surface area contributed by atoms with Crippen LogP contribution in [0.5, 0.6) is 0 Å². The summed E-state index contributed by atoms with van der Waals surface area (Å²) in [6.07, 6.45) is 0. The molecule has 0 radical (unpaired) electrons. The van der Waals surface area contributed by atoms with Crippen LogP contribution < -0.4 is 11.3 Å². The molecule has 0 atom stereocenters. The maximum atomic E-state index is 12.3. The summed E-state index contributed by atoms with van der Waals surface area (Å²) in [6, 6.07) is 6.59. The second-order valence-electron chi connectivity index (χ2n) is 4.32. The zero-order valence-corrected chi connectivity index (χ0v) is 11.2. The molecule has 1 rings (SSSR count). The quantitative estimate of drug-likeness (QED) is 0.615. The number of sulfonamides is 1. The van der Waals surface area contributed by atoms with Crippen molar-refractivity contribution in [1.29, 1.82) is 0 Å². The van der Waals surface area contributed by atoms with Gasteiger partial charge in [-0.05, 0) is 18.1 Å². The van der Waals surface area contributed by atoms with E-state index < -0.39 is 10.0 Å². The average Bonchev–Trinajstić information content (AvgIpc) is 2.28. The van der Waals surface area contributed by atoms with Crippen LogP contribution in [0.15, 0.2) is 29.2 Å². The smallest absolute Gasteiger partial charge is 0.244 e. The van der Waals surface area contributed by atoms with E-state index in [1.807, 2.05) is 13.8 Å². The van der Waals surface area contributed by atoms with Gasteiger partial charge in [0, 0.05) is 13.6 Å². The van der Waals surface area contributed by atoms with Gasteiger partial charge in [0.05, 0.1) is 5.69 Å². The highest BCUT2D eigenvalue weighted by Gasteiger charge is 2.23. The molecule has 0 saturated carbocycles. The van der Waals surface area contributed by atoms with Gasteiger partial charge in [0.2, 0.25) is 10.0 Å². The summed E-state index contributed by atoms with van der Waals surface area (Å²) < 4.78 is 25.9. The van der Waals surface area contributed by atoms with Crippen LogP contribution in [0.3, 0.4) is 0 Å². The summed E-state index contributed by atoms with van der Waals surface area (Å²) in [5.74, 6) is 5.59. The van der Waals surface area contributed by atoms with E-state index in [9.17, 15) is 8.42 Å². The third kappa shape index (κ3) is 3.18. The lowest BCUT2D eigenvalue weighted by Gasteiger charge is -2.20. The molecule has 0 heterocycles. The van der Waals surface area contributed by atoms with Gasteiger partial charge in [0.15, 0.2) is 0 Å². The summed E-state index contributed by atoms with van der Waals surface area (Å²) in [4.78, 5) is 0.200. The van der Waals surface area contributed by atoms with Gasteiger partial charge in [-0.1, -0.05) is 26.0 Å². The van der Waals surface area contributed by atoms with Gasteiger partial charge in [0.25, 0.3) is 0 Å². The van der Waals surface area contributed by atoms with Crippen LogP contribution in [0.2, 0.25) is 0 Å². The van der Waals surface area contributed by atoms with E-state index in [4.69, 9.17) is 5.84 Å². The van der Waals surface area contributed by atoms with Crippen molar-refractivity contribution < 1.29 is 8.42 Å². The van der Waals surface area contributed by atoms with E-state index in [0.29, 0.717) is 12.2 Å². The molecule has 0 saturated heterocycles. The topological polar surface area (TPSA) is 75.4 Å². The van der Waals surface area contributed by atoms with Crippen LogP contribution in [0.25, 0.3) is 0 Å². The number of benzene rings is 1. The molecule has 0 unspecified atom stereocenters. The Morgan fingerprint density at radius 2 is 1.94 bits per heavy atom. The minimum absolute atomic E-state index is 0.200. The molecule has 3 N–H and O–H groups in total. The Morgan fingerprint density at radius 3 is 2.47 bits per heavy atom. The van der Waals surface area contributed by atoms with Crippen LogP contribution in [-0.2, 0) is 10.0 Å². The van der Waals surface area contributed by atoms with Crippen molar-refractivity contribution in [2.75, 3.05) is 19.0 Å². The van der Waals surface area contributed by atoms with E-state index in [1.54, 1.807) is 31.3 Å². The van der Waals surface area contributed by atoms with Gasteiger partial charge in [-0.3, -0.25) is 5.84 Å². The number of nitrogens with two attached hydrogens (primary N) is 1. The number of nitrogen functional groups attached to an aromatic ring is 1. The van der Waals surface area contributed by atoms with Crippen molar-refractivity contribution in [3.05, 3.63) is 24.3 Å². The first kappa shape index (κ1) is 14.0. The lowest BCUT2D eigenvalue weighted by atomic mass is 10.2. The molecule has 5 nitrogen and oxygen atoms in total. The van der Waals surface area contributed by atoms with Gasteiger partial charge in [-0.25, -0.2) is 12.7 Å². The number of nitrogens with zero attached hydrogens (tertiary/aromatic N) is 1. The molecule has 0 bridgehead atoms. The minimum Gasteiger partial charge on any atom is -0.323 e. The molecule has 96 valence electrons. The Labute approximate surface area is 103 Å². The van der Waals surface area contributed by atoms with Crippen LogP contribution >= 0.6 is 0 Å². The fourth-order valence-corrected chi connectivity index (χ4v) is 3.08. The Kier molecular flexibility index (Phi) is 4.50. The maximum absolute atomic E-state index is 12.3. The highest BCUT2D eigenvalue weighted by Crippen LogP contribution is 2.23. The van der Waals surface area contributed by atoms with Crippen molar-refractivity contribution in [2.24, 2.45) is 11.8 Å². The molecule has 0 amide bonds. The zero-order chi connectivity index (χ0) is 13.1. The fourth-order valence-electron chi connectivity index (χ4n) is 1.59. The molecule has 6 heteroatoms. The predicted molar refractivity (Wildman–Crippen MR) is 68.9 cm³/mol. The van der Waals surface area contributed by atoms with Crippen molar-refractivity contribution in [1.82, 2.24) is 4.31 Å². The molecule has 1 aromatic rings. The molecule has 0 aliphatic heterocycles. The second-order valence-corrected chi connectivity index (χ2v) is 6.33. The number of rotatable bonds is 5. The van der Waals surface area contributed by atoms with Crippen molar-refractivity contribution in [3.63, 3.8) is 0 Å². The van der Waals surface area contributed by atoms with Gasteiger partial charge in [-0.15, -0.1) is 0 Å². The van der Waals surface area contributed by atoms with E-state index in [1.165, 1.54) is 4.31 Å². The van der Waals surface area contributed by atoms with E-state index >= 15 is 0 Å². The Morgan fingerprint density at radius 1 is 1.35 bits per heavy atom. The molecule has 0 fully saturated rings. The zero-order valence-electron chi connectivity index (χ0n) is 10.3. The molecule has 1 aromatic carbocycles. The van der Waals surface area contributed by atoms with Crippen molar-refractivity contribution in [2.45, 2.75) is 18.7 Å². The number of hydrogen-bond acceptors (Lipinski definition) is 4. The average molecular weight is 257 g/mol. The van der Waals surface area contributed by atoms with Gasteiger partial charge < -0.3 is 5.43 Å². The third-order valence-corrected chi connectivity index (χ3v) is 4.23. The SMILES string of the molecule is CC(C)CN(C)S(=O)(=O)c1ccccc1NN. The van der Waals surface area contributed by atoms with Crippen molar-refractivity contribution in [3.8, 4) is 0 Å². The number of hydrogen-bond donors (Lipinski definition) is 2. The van der Waals surface area contributed by atoms with E-state index in [-0.39, 0.29) is 10.8 Å². The van der Waals surface area contributed by atoms with Gasteiger partial charge >= 0.3 is 0 Å². The Balaban J connectivity index is 3.13. The Hall–Kier alpha value is -1.11. The summed E-state index contributed by atoms with van der Waals surface area (Å²) >= 11 is 0. The third-order valence-electron chi connectivity index (χ3n) is 2.35. The number of nitrogens with one attached hydrogen (secondary N) is 1. The monoisotopic (exact) mass is 257 g/mol. The van der Waals surface area contributed by atoms with Crippen LogP contribution in [0, 0.1) is 5.92 Å².